The number of benzene rings is 2. The molecule has 45 heavy (non-hydrogen) atoms. The average Bonchev–Trinajstić information content (AvgIpc) is 3.25. The number of halogens is 1. The highest BCUT2D eigenvalue weighted by molar-refractivity contribution is 5.99. The third-order valence-corrected chi connectivity index (χ3v) is 8.48. The zero-order valence-electron chi connectivity index (χ0n) is 27.0. The first-order chi connectivity index (χ1) is 21.3. The molecule has 2 aromatic carbocycles. The van der Waals surface area contributed by atoms with Crippen LogP contribution in [0.1, 0.15) is 91.0 Å². The molecular formula is C37H41FN2O5. The van der Waals surface area contributed by atoms with Gasteiger partial charge in [0.05, 0.1) is 17.9 Å². The fraction of sp³-hybridized carbons (Fsp3) is 0.378. The molecule has 5 rings (SSSR count). The van der Waals surface area contributed by atoms with Crippen LogP contribution in [0.2, 0.25) is 0 Å². The lowest BCUT2D eigenvalue weighted by Gasteiger charge is -2.29. The topological polar surface area (TPSA) is 89.8 Å². The van der Waals surface area contributed by atoms with Gasteiger partial charge in [0.25, 0.3) is 5.91 Å². The van der Waals surface area contributed by atoms with Gasteiger partial charge in [-0.25, -0.2) is 9.18 Å². The summed E-state index contributed by atoms with van der Waals surface area (Å²) in [5.41, 5.74) is 8.70. The van der Waals surface area contributed by atoms with Gasteiger partial charge in [0, 0.05) is 36.4 Å². The Bertz CT molecular complexity index is 1750. The Morgan fingerprint density at radius 3 is 2.53 bits per heavy atom. The standard InChI is InChI=1S/C37H41FN2O5/c1-21-15-16-29-27(19-30(40(29)7)35(41)39-20-22(2)24-12-9-8-10-13-24)32(31(21)34(36(42)43)45-37(4,5)6)26-18-28(38)33-25(23(26)3)14-11-17-44-33/h8-10,12-13,16,18-19,22,34H,11,14,17,20H2,1-7H3,(H,39,41)(H,42,43)/t22-,34?/m0/s1. The van der Waals surface area contributed by atoms with Crippen molar-refractivity contribution in [1.29, 1.82) is 0 Å². The molecular weight excluding hydrogens is 571 g/mol. The van der Waals surface area contributed by atoms with Gasteiger partial charge in [-0.05, 0) is 93.3 Å². The molecule has 2 atom stereocenters. The lowest BCUT2D eigenvalue weighted by molar-refractivity contribution is -0.155. The zero-order valence-corrected chi connectivity index (χ0v) is 27.0. The lowest BCUT2D eigenvalue weighted by atomic mass is 9.83. The molecule has 0 fully saturated rings. The van der Waals surface area contributed by atoms with Crippen LogP contribution < -0.4 is 10.1 Å². The number of aliphatic carboxylic acids is 1. The van der Waals surface area contributed by atoms with Crippen LogP contribution in [0.3, 0.4) is 0 Å². The second-order valence-corrected chi connectivity index (χ2v) is 12.9. The van der Waals surface area contributed by atoms with Crippen LogP contribution in [0, 0.1) is 12.7 Å². The minimum Gasteiger partial charge on any atom is -0.490 e. The van der Waals surface area contributed by atoms with Crippen molar-refractivity contribution < 1.29 is 28.6 Å². The van der Waals surface area contributed by atoms with Gasteiger partial charge in [-0.3, -0.25) is 4.79 Å². The maximum atomic E-state index is 15.7. The van der Waals surface area contributed by atoms with E-state index < -0.39 is 23.5 Å². The first-order valence-corrected chi connectivity index (χ1v) is 15.3. The van der Waals surface area contributed by atoms with E-state index in [1.165, 1.54) is 6.07 Å². The predicted molar refractivity (Wildman–Crippen MR) is 173 cm³/mol. The summed E-state index contributed by atoms with van der Waals surface area (Å²) in [4.78, 5) is 26.5. The number of aromatic nitrogens is 1. The number of hydrogen-bond acceptors (Lipinski definition) is 4. The Morgan fingerprint density at radius 2 is 1.87 bits per heavy atom. The third-order valence-electron chi connectivity index (χ3n) is 8.48. The molecule has 8 heteroatoms. The minimum absolute atomic E-state index is 0.0926. The molecule has 2 heterocycles. The number of amides is 1. The van der Waals surface area contributed by atoms with Gasteiger partial charge in [-0.15, -0.1) is 5.73 Å². The summed E-state index contributed by atoms with van der Waals surface area (Å²) in [6.45, 7) is 12.0. The zero-order chi connectivity index (χ0) is 32.6. The molecule has 1 amide bonds. The molecule has 0 spiro atoms. The lowest BCUT2D eigenvalue weighted by Crippen LogP contribution is -2.35. The Kier molecular flexibility index (Phi) is 8.92. The summed E-state index contributed by atoms with van der Waals surface area (Å²) in [7, 11) is 1.79. The normalized spacial score (nSPS) is 15.8. The van der Waals surface area contributed by atoms with Crippen molar-refractivity contribution in [1.82, 2.24) is 9.88 Å². The molecule has 3 aromatic rings. The van der Waals surface area contributed by atoms with Crippen molar-refractivity contribution in [3.05, 3.63) is 104 Å². The second-order valence-electron chi connectivity index (χ2n) is 12.9. The van der Waals surface area contributed by atoms with Gasteiger partial charge in [-0.1, -0.05) is 37.3 Å². The number of fused-ring (bicyclic) bond motifs is 2. The molecule has 0 saturated carbocycles. The second kappa shape index (κ2) is 12.5. The van der Waals surface area contributed by atoms with Crippen molar-refractivity contribution >= 4 is 23.5 Å². The molecule has 0 bridgehead atoms. The van der Waals surface area contributed by atoms with Crippen LogP contribution in [0.5, 0.6) is 5.75 Å². The summed E-state index contributed by atoms with van der Waals surface area (Å²) in [6.07, 6.45) is 1.75. The van der Waals surface area contributed by atoms with Crippen molar-refractivity contribution in [3.8, 4) is 5.75 Å². The quantitative estimate of drug-likeness (QED) is 0.268. The first-order valence-electron chi connectivity index (χ1n) is 15.3. The number of hydrogen-bond donors (Lipinski definition) is 2. The largest absolute Gasteiger partial charge is 0.490 e. The molecule has 2 aliphatic rings. The highest BCUT2D eigenvalue weighted by atomic mass is 19.1. The predicted octanol–water partition coefficient (Wildman–Crippen LogP) is 6.97. The van der Waals surface area contributed by atoms with Crippen LogP contribution in [0.15, 0.2) is 59.3 Å². The van der Waals surface area contributed by atoms with Crippen LogP contribution in [0.25, 0.3) is 11.6 Å². The smallest absolute Gasteiger partial charge is 0.337 e. The maximum Gasteiger partial charge on any atom is 0.337 e. The van der Waals surface area contributed by atoms with Gasteiger partial charge >= 0.3 is 5.97 Å². The SMILES string of the molecule is CC1=C=Cc2c(cc(C(=O)NC[C@H](C)c3ccccc3)n2C)C(c2cc(F)c3c(c2C)CCCO3)=C1C(OC(C)(C)C)C(=O)O. The van der Waals surface area contributed by atoms with Crippen molar-refractivity contribution in [3.63, 3.8) is 0 Å². The van der Waals surface area contributed by atoms with E-state index in [2.05, 4.69) is 18.0 Å². The fourth-order valence-corrected chi connectivity index (χ4v) is 6.16. The van der Waals surface area contributed by atoms with E-state index in [0.29, 0.717) is 58.8 Å². The van der Waals surface area contributed by atoms with Crippen molar-refractivity contribution in [2.45, 2.75) is 72.0 Å². The average molecular weight is 613 g/mol. The molecule has 1 aliphatic heterocycles. The fourth-order valence-electron chi connectivity index (χ4n) is 6.16. The molecule has 1 aliphatic carbocycles. The number of rotatable bonds is 8. The van der Waals surface area contributed by atoms with E-state index in [4.69, 9.17) is 9.47 Å². The summed E-state index contributed by atoms with van der Waals surface area (Å²) < 4.78 is 29.4. The molecule has 0 radical (unpaired) electrons. The van der Waals surface area contributed by atoms with Crippen LogP contribution >= 0.6 is 0 Å². The molecule has 236 valence electrons. The third kappa shape index (κ3) is 6.39. The number of ether oxygens (including phenoxy) is 2. The van der Waals surface area contributed by atoms with Crippen LogP contribution in [-0.4, -0.2) is 46.4 Å². The van der Waals surface area contributed by atoms with Crippen molar-refractivity contribution in [2.24, 2.45) is 7.05 Å². The summed E-state index contributed by atoms with van der Waals surface area (Å²) in [6, 6.07) is 13.1. The molecule has 2 N–H and O–H groups in total. The van der Waals surface area contributed by atoms with E-state index in [1.54, 1.807) is 51.5 Å². The Morgan fingerprint density at radius 1 is 1.16 bits per heavy atom. The minimum atomic E-state index is -1.38. The summed E-state index contributed by atoms with van der Waals surface area (Å²) >= 11 is 0. The van der Waals surface area contributed by atoms with E-state index in [9.17, 15) is 14.7 Å². The van der Waals surface area contributed by atoms with Crippen LogP contribution in [-0.2, 0) is 23.0 Å². The van der Waals surface area contributed by atoms with Gasteiger partial charge in [0.2, 0.25) is 0 Å². The highest BCUT2D eigenvalue weighted by Crippen LogP contribution is 2.43. The van der Waals surface area contributed by atoms with Gasteiger partial charge in [-0.2, -0.15) is 0 Å². The molecule has 1 aromatic heterocycles. The summed E-state index contributed by atoms with van der Waals surface area (Å²) in [5.74, 6) is -1.62. The first kappa shape index (κ1) is 32.0. The molecule has 0 saturated heterocycles. The van der Waals surface area contributed by atoms with E-state index in [0.717, 1.165) is 23.1 Å². The van der Waals surface area contributed by atoms with E-state index >= 15 is 4.39 Å². The Labute approximate surface area is 264 Å². The monoisotopic (exact) mass is 612 g/mol. The van der Waals surface area contributed by atoms with Gasteiger partial charge < -0.3 is 24.5 Å². The highest BCUT2D eigenvalue weighted by Gasteiger charge is 2.36. The van der Waals surface area contributed by atoms with Crippen molar-refractivity contribution in [2.75, 3.05) is 13.2 Å². The Balaban J connectivity index is 1.70. The van der Waals surface area contributed by atoms with Gasteiger partial charge in [0.15, 0.2) is 17.7 Å². The number of carboxylic acids is 1. The maximum absolute atomic E-state index is 15.7. The number of carboxylic acid groups (broad SMARTS) is 1. The van der Waals surface area contributed by atoms with Gasteiger partial charge in [0.1, 0.15) is 5.69 Å². The summed E-state index contributed by atoms with van der Waals surface area (Å²) in [5, 5.41) is 13.6. The van der Waals surface area contributed by atoms with E-state index in [-0.39, 0.29) is 17.6 Å². The van der Waals surface area contributed by atoms with Crippen LogP contribution in [0.4, 0.5) is 4.39 Å². The molecule has 7 nitrogen and oxygen atoms in total. The number of nitrogens with zero attached hydrogens (tertiary/aromatic N) is 1. The van der Waals surface area contributed by atoms with E-state index in [1.807, 2.05) is 37.3 Å². The Hall–Kier alpha value is -4.39. The number of carbonyl (C=O) groups is 2. The number of carbonyl (C=O) groups excluding carboxylic acids is 1. The number of nitrogens with one attached hydrogen (secondary N) is 1. The molecule has 1 unspecified atom stereocenters.